The number of amides is 1. The lowest BCUT2D eigenvalue weighted by Crippen LogP contribution is -2.25. The summed E-state index contributed by atoms with van der Waals surface area (Å²) in [4.78, 5) is 15.4. The Morgan fingerprint density at radius 1 is 1.08 bits per heavy atom. The molecule has 2 aromatic heterocycles. The Bertz CT molecular complexity index is 968. The van der Waals surface area contributed by atoms with E-state index in [-0.39, 0.29) is 5.91 Å². The number of nitrogens with one attached hydrogen (secondary N) is 2. The van der Waals surface area contributed by atoms with Gasteiger partial charge in [0.2, 0.25) is 0 Å². The predicted molar refractivity (Wildman–Crippen MR) is 97.9 cm³/mol. The third kappa shape index (κ3) is 3.30. The molecule has 0 saturated heterocycles. The predicted octanol–water partition coefficient (Wildman–Crippen LogP) is 3.33. The maximum absolute atomic E-state index is 12.3. The molecule has 2 N–H and O–H groups in total. The quantitative estimate of drug-likeness (QED) is 0.589. The number of nitrogens with zero attached hydrogens (tertiary/aromatic N) is 2. The van der Waals surface area contributed by atoms with Crippen molar-refractivity contribution in [3.8, 4) is 5.69 Å². The number of carbonyl (C=O) groups is 1. The van der Waals surface area contributed by atoms with Gasteiger partial charge < -0.3 is 10.3 Å². The summed E-state index contributed by atoms with van der Waals surface area (Å²) in [5.41, 5.74) is 3.66. The topological polar surface area (TPSA) is 62.7 Å². The Morgan fingerprint density at radius 2 is 1.88 bits per heavy atom. The second-order valence-corrected chi connectivity index (χ2v) is 5.90. The molecule has 5 nitrogen and oxygen atoms in total. The third-order valence-corrected chi connectivity index (χ3v) is 4.13. The number of hydrogen-bond donors (Lipinski definition) is 2. The van der Waals surface area contributed by atoms with Crippen molar-refractivity contribution in [2.45, 2.75) is 6.42 Å². The van der Waals surface area contributed by atoms with Crippen molar-refractivity contribution in [3.63, 3.8) is 0 Å². The van der Waals surface area contributed by atoms with Crippen LogP contribution in [0.4, 0.5) is 0 Å². The van der Waals surface area contributed by atoms with E-state index in [1.807, 2.05) is 77.7 Å². The Hall–Kier alpha value is -3.34. The first-order valence-electron chi connectivity index (χ1n) is 8.24. The molecule has 0 fully saturated rings. The summed E-state index contributed by atoms with van der Waals surface area (Å²) in [6.45, 7) is 0.564. The van der Waals surface area contributed by atoms with E-state index in [4.69, 9.17) is 0 Å². The fourth-order valence-corrected chi connectivity index (χ4v) is 2.82. The lowest BCUT2D eigenvalue weighted by atomic mass is 10.2. The van der Waals surface area contributed by atoms with Crippen LogP contribution in [-0.2, 0) is 6.42 Å². The summed E-state index contributed by atoms with van der Waals surface area (Å²) in [6, 6.07) is 19.7. The van der Waals surface area contributed by atoms with Crippen LogP contribution < -0.4 is 5.32 Å². The van der Waals surface area contributed by atoms with Crippen LogP contribution in [0.15, 0.2) is 73.1 Å². The fraction of sp³-hybridized carbons (Fsp3) is 0.100. The minimum absolute atomic E-state index is 0.0911. The van der Waals surface area contributed by atoms with Crippen LogP contribution in [0.2, 0.25) is 0 Å². The zero-order valence-corrected chi connectivity index (χ0v) is 13.6. The second kappa shape index (κ2) is 6.65. The van der Waals surface area contributed by atoms with Crippen LogP contribution in [0, 0.1) is 0 Å². The monoisotopic (exact) mass is 330 g/mol. The third-order valence-electron chi connectivity index (χ3n) is 4.13. The van der Waals surface area contributed by atoms with Crippen LogP contribution in [0.5, 0.6) is 0 Å². The summed E-state index contributed by atoms with van der Waals surface area (Å²) in [5, 5.41) is 8.36. The zero-order valence-electron chi connectivity index (χ0n) is 13.6. The van der Waals surface area contributed by atoms with Crippen molar-refractivity contribution in [3.05, 3.63) is 84.3 Å². The van der Waals surface area contributed by atoms with Gasteiger partial charge in [-0.3, -0.25) is 4.79 Å². The fourth-order valence-electron chi connectivity index (χ4n) is 2.82. The first-order valence-corrected chi connectivity index (χ1v) is 8.24. The Labute approximate surface area is 145 Å². The van der Waals surface area contributed by atoms with Gasteiger partial charge in [-0.15, -0.1) is 0 Å². The number of rotatable bonds is 5. The number of para-hydroxylation sites is 2. The second-order valence-electron chi connectivity index (χ2n) is 5.90. The molecule has 124 valence electrons. The first-order chi connectivity index (χ1) is 12.3. The SMILES string of the molecule is O=C(NCCc1cnn(-c2ccccc2)c1)c1cc2ccccc2[nH]1. The normalized spacial score (nSPS) is 10.9. The van der Waals surface area contributed by atoms with Gasteiger partial charge in [-0.1, -0.05) is 36.4 Å². The number of fused-ring (bicyclic) bond motifs is 1. The molecule has 2 aromatic carbocycles. The molecular weight excluding hydrogens is 312 g/mol. The van der Waals surface area contributed by atoms with E-state index in [9.17, 15) is 4.79 Å². The minimum atomic E-state index is -0.0911. The van der Waals surface area contributed by atoms with Gasteiger partial charge in [0.1, 0.15) is 5.69 Å². The molecule has 4 rings (SSSR count). The summed E-state index contributed by atoms with van der Waals surface area (Å²) in [5.74, 6) is -0.0911. The van der Waals surface area contributed by atoms with E-state index in [1.165, 1.54) is 0 Å². The summed E-state index contributed by atoms with van der Waals surface area (Å²) < 4.78 is 1.84. The zero-order chi connectivity index (χ0) is 17.1. The molecule has 0 spiro atoms. The summed E-state index contributed by atoms with van der Waals surface area (Å²) in [6.07, 6.45) is 4.56. The molecule has 0 aliphatic heterocycles. The van der Waals surface area contributed by atoms with Crippen molar-refractivity contribution >= 4 is 16.8 Å². The number of hydrogen-bond acceptors (Lipinski definition) is 2. The van der Waals surface area contributed by atoms with Gasteiger partial charge in [0.15, 0.2) is 0 Å². The molecule has 0 aliphatic carbocycles. The molecule has 0 aliphatic rings. The van der Waals surface area contributed by atoms with Gasteiger partial charge in [0.05, 0.1) is 11.9 Å². The van der Waals surface area contributed by atoms with Gasteiger partial charge in [-0.25, -0.2) is 4.68 Å². The van der Waals surface area contributed by atoms with E-state index in [2.05, 4.69) is 15.4 Å². The van der Waals surface area contributed by atoms with Gasteiger partial charge in [-0.05, 0) is 36.2 Å². The molecular formula is C20H18N4O. The van der Waals surface area contributed by atoms with E-state index in [1.54, 1.807) is 0 Å². The lowest BCUT2D eigenvalue weighted by Gasteiger charge is -2.02. The van der Waals surface area contributed by atoms with Crippen molar-refractivity contribution in [1.82, 2.24) is 20.1 Å². The Balaban J connectivity index is 1.36. The lowest BCUT2D eigenvalue weighted by molar-refractivity contribution is 0.0950. The minimum Gasteiger partial charge on any atom is -0.351 e. The van der Waals surface area contributed by atoms with Crippen molar-refractivity contribution in [2.75, 3.05) is 6.54 Å². The molecule has 1 amide bonds. The average molecular weight is 330 g/mol. The summed E-state index contributed by atoms with van der Waals surface area (Å²) >= 11 is 0. The van der Waals surface area contributed by atoms with Crippen molar-refractivity contribution < 1.29 is 4.79 Å². The van der Waals surface area contributed by atoms with Crippen molar-refractivity contribution in [2.24, 2.45) is 0 Å². The van der Waals surface area contributed by atoms with Crippen molar-refractivity contribution in [1.29, 1.82) is 0 Å². The Kier molecular flexibility index (Phi) is 4.04. The van der Waals surface area contributed by atoms with Crippen LogP contribution in [0.1, 0.15) is 16.1 Å². The number of aromatic amines is 1. The maximum Gasteiger partial charge on any atom is 0.267 e. The smallest absolute Gasteiger partial charge is 0.267 e. The van der Waals surface area contributed by atoms with Gasteiger partial charge >= 0.3 is 0 Å². The molecule has 0 atom stereocenters. The highest BCUT2D eigenvalue weighted by Crippen LogP contribution is 2.14. The van der Waals surface area contributed by atoms with Gasteiger partial charge in [-0.2, -0.15) is 5.10 Å². The molecule has 5 heteroatoms. The van der Waals surface area contributed by atoms with Gasteiger partial charge in [0.25, 0.3) is 5.91 Å². The van der Waals surface area contributed by atoms with Gasteiger partial charge in [0, 0.05) is 23.6 Å². The molecule has 0 unspecified atom stereocenters. The van der Waals surface area contributed by atoms with E-state index < -0.39 is 0 Å². The number of carbonyl (C=O) groups excluding carboxylic acids is 1. The summed E-state index contributed by atoms with van der Waals surface area (Å²) in [7, 11) is 0. The van der Waals surface area contributed by atoms with E-state index in [0.717, 1.165) is 28.6 Å². The van der Waals surface area contributed by atoms with Crippen LogP contribution in [0.25, 0.3) is 16.6 Å². The molecule has 0 saturated carbocycles. The van der Waals surface area contributed by atoms with E-state index >= 15 is 0 Å². The number of aromatic nitrogens is 3. The molecule has 2 heterocycles. The molecule has 0 radical (unpaired) electrons. The molecule has 4 aromatic rings. The van der Waals surface area contributed by atoms with Crippen LogP contribution in [0.3, 0.4) is 0 Å². The highest BCUT2D eigenvalue weighted by atomic mass is 16.1. The standard InChI is InChI=1S/C20H18N4O/c25-20(19-12-16-6-4-5-9-18(16)23-19)21-11-10-15-13-22-24(14-15)17-7-2-1-3-8-17/h1-9,12-14,23H,10-11H2,(H,21,25). The highest BCUT2D eigenvalue weighted by molar-refractivity contribution is 5.97. The number of H-pyrrole nitrogens is 1. The largest absolute Gasteiger partial charge is 0.351 e. The number of benzene rings is 2. The average Bonchev–Trinajstić information content (AvgIpc) is 3.29. The molecule has 0 bridgehead atoms. The highest BCUT2D eigenvalue weighted by Gasteiger charge is 2.09. The first kappa shape index (κ1) is 15.2. The van der Waals surface area contributed by atoms with E-state index in [0.29, 0.717) is 12.2 Å². The Morgan fingerprint density at radius 3 is 2.72 bits per heavy atom. The van der Waals surface area contributed by atoms with Crippen LogP contribution in [-0.4, -0.2) is 27.2 Å². The van der Waals surface area contributed by atoms with Crippen LogP contribution >= 0.6 is 0 Å². The molecule has 25 heavy (non-hydrogen) atoms. The maximum atomic E-state index is 12.3.